The molecule has 1 saturated heterocycles. The molecule has 1 fully saturated rings. The van der Waals surface area contributed by atoms with E-state index in [-0.39, 0.29) is 33.8 Å². The van der Waals surface area contributed by atoms with Gasteiger partial charge in [0.15, 0.2) is 6.61 Å². The summed E-state index contributed by atoms with van der Waals surface area (Å²) in [5.74, 6) is -0.408. The van der Waals surface area contributed by atoms with Gasteiger partial charge >= 0.3 is 5.97 Å². The number of rotatable bonds is 4. The van der Waals surface area contributed by atoms with Crippen LogP contribution in [-0.2, 0) is 9.53 Å². The maximum absolute atomic E-state index is 12.3. The van der Waals surface area contributed by atoms with Crippen molar-refractivity contribution in [2.45, 2.75) is 0 Å². The van der Waals surface area contributed by atoms with Gasteiger partial charge in [0.05, 0.1) is 16.3 Å². The number of amides is 1. The number of anilines is 2. The Kier molecular flexibility index (Phi) is 5.98. The Bertz CT molecular complexity index is 842. The number of aromatic nitrogens is 2. The van der Waals surface area contributed by atoms with Crippen molar-refractivity contribution in [2.75, 3.05) is 43.4 Å². The average molecular weight is 410 g/mol. The number of ether oxygens (including phenoxy) is 1. The lowest BCUT2D eigenvalue weighted by Gasteiger charge is -2.34. The number of carbonyl (C=O) groups is 2. The number of hydrogen-bond acceptors (Lipinski definition) is 7. The molecular formula is C17H17Cl2N5O3. The molecule has 0 radical (unpaired) electrons. The molecule has 0 saturated carbocycles. The molecule has 1 aliphatic heterocycles. The zero-order valence-electron chi connectivity index (χ0n) is 14.3. The third kappa shape index (κ3) is 4.58. The number of hydrogen-bond donors (Lipinski definition) is 1. The molecule has 0 unspecified atom stereocenters. The second-order valence-corrected chi connectivity index (χ2v) is 6.69. The highest BCUT2D eigenvalue weighted by atomic mass is 35.5. The highest BCUT2D eigenvalue weighted by Gasteiger charge is 2.24. The van der Waals surface area contributed by atoms with Crippen molar-refractivity contribution in [3.05, 3.63) is 46.2 Å². The molecule has 0 bridgehead atoms. The monoisotopic (exact) mass is 409 g/mol. The van der Waals surface area contributed by atoms with Crippen LogP contribution in [0.4, 0.5) is 11.6 Å². The molecule has 142 valence electrons. The molecule has 1 amide bonds. The smallest absolute Gasteiger partial charge is 0.340 e. The van der Waals surface area contributed by atoms with Crippen molar-refractivity contribution in [3.8, 4) is 0 Å². The molecule has 27 heavy (non-hydrogen) atoms. The van der Waals surface area contributed by atoms with Crippen molar-refractivity contribution in [1.82, 2.24) is 14.9 Å². The number of nitrogen functional groups attached to an aromatic ring is 1. The van der Waals surface area contributed by atoms with Gasteiger partial charge in [-0.15, -0.1) is 0 Å². The fourth-order valence-corrected chi connectivity index (χ4v) is 3.15. The number of nitrogens with two attached hydrogens (primary N) is 1. The first-order chi connectivity index (χ1) is 13.0. The maximum Gasteiger partial charge on any atom is 0.340 e. The molecule has 2 heterocycles. The first-order valence-electron chi connectivity index (χ1n) is 8.17. The molecule has 8 nitrogen and oxygen atoms in total. The molecule has 2 N–H and O–H groups in total. The molecular weight excluding hydrogens is 393 g/mol. The van der Waals surface area contributed by atoms with Gasteiger partial charge in [0, 0.05) is 43.6 Å². The van der Waals surface area contributed by atoms with Gasteiger partial charge in [-0.3, -0.25) is 4.79 Å². The highest BCUT2D eigenvalue weighted by Crippen LogP contribution is 2.28. The lowest BCUT2D eigenvalue weighted by Crippen LogP contribution is -2.50. The number of nitrogens with zero attached hydrogens (tertiary/aromatic N) is 4. The normalized spacial score (nSPS) is 14.1. The summed E-state index contributed by atoms with van der Waals surface area (Å²) in [6.07, 6.45) is 3.35. The van der Waals surface area contributed by atoms with Gasteiger partial charge in [0.1, 0.15) is 0 Å². The topological polar surface area (TPSA) is 102 Å². The minimum Gasteiger partial charge on any atom is -0.452 e. The summed E-state index contributed by atoms with van der Waals surface area (Å²) in [5.41, 5.74) is 5.87. The zero-order chi connectivity index (χ0) is 19.4. The highest BCUT2D eigenvalue weighted by molar-refractivity contribution is 6.37. The summed E-state index contributed by atoms with van der Waals surface area (Å²) in [6.45, 7) is 1.78. The van der Waals surface area contributed by atoms with Crippen LogP contribution < -0.4 is 10.6 Å². The minimum atomic E-state index is -0.749. The summed E-state index contributed by atoms with van der Waals surface area (Å²) < 4.78 is 5.08. The van der Waals surface area contributed by atoms with Gasteiger partial charge in [-0.05, 0) is 18.2 Å². The summed E-state index contributed by atoms with van der Waals surface area (Å²) >= 11 is 11.8. The standard InChI is InChI=1S/C17H17Cl2N5O3/c18-11-8-12(15(20)13(19)9-11)16(26)27-10-14(25)23-4-6-24(7-5-23)17-21-2-1-3-22-17/h1-3,8-9H,4-7,10,20H2. The van der Waals surface area contributed by atoms with Gasteiger partial charge < -0.3 is 20.3 Å². The fraction of sp³-hybridized carbons (Fsp3) is 0.294. The van der Waals surface area contributed by atoms with Crippen LogP contribution in [-0.4, -0.2) is 59.5 Å². The quantitative estimate of drug-likeness (QED) is 0.607. The molecule has 0 atom stereocenters. The second kappa shape index (κ2) is 8.41. The summed E-state index contributed by atoms with van der Waals surface area (Å²) in [6, 6.07) is 4.53. The van der Waals surface area contributed by atoms with Crippen LogP contribution in [0.3, 0.4) is 0 Å². The van der Waals surface area contributed by atoms with Crippen molar-refractivity contribution >= 4 is 46.7 Å². The fourth-order valence-electron chi connectivity index (χ4n) is 2.66. The first-order valence-corrected chi connectivity index (χ1v) is 8.92. The predicted octanol–water partition coefficient (Wildman–Crippen LogP) is 1.87. The van der Waals surface area contributed by atoms with Crippen LogP contribution in [0.15, 0.2) is 30.6 Å². The maximum atomic E-state index is 12.3. The Morgan fingerprint density at radius 3 is 2.44 bits per heavy atom. The van der Waals surface area contributed by atoms with Crippen molar-refractivity contribution in [3.63, 3.8) is 0 Å². The number of benzene rings is 1. The van der Waals surface area contributed by atoms with Gasteiger partial charge in [-0.1, -0.05) is 23.2 Å². The summed E-state index contributed by atoms with van der Waals surface area (Å²) in [7, 11) is 0. The van der Waals surface area contributed by atoms with Crippen LogP contribution in [0, 0.1) is 0 Å². The summed E-state index contributed by atoms with van der Waals surface area (Å²) in [4.78, 5) is 36.5. The molecule has 2 aromatic rings. The van der Waals surface area contributed by atoms with E-state index >= 15 is 0 Å². The van der Waals surface area contributed by atoms with Crippen molar-refractivity contribution in [2.24, 2.45) is 0 Å². The van der Waals surface area contributed by atoms with Crippen LogP contribution in [0.5, 0.6) is 0 Å². The second-order valence-electron chi connectivity index (χ2n) is 5.84. The molecule has 0 aliphatic carbocycles. The lowest BCUT2D eigenvalue weighted by atomic mass is 10.2. The van der Waals surface area contributed by atoms with Gasteiger partial charge in [-0.25, -0.2) is 14.8 Å². The third-order valence-electron chi connectivity index (χ3n) is 4.11. The molecule has 3 rings (SSSR count). The largest absolute Gasteiger partial charge is 0.452 e. The Morgan fingerprint density at radius 2 is 1.78 bits per heavy atom. The number of piperazine rings is 1. The molecule has 1 aliphatic rings. The Balaban J connectivity index is 1.52. The van der Waals surface area contributed by atoms with E-state index < -0.39 is 5.97 Å². The van der Waals surface area contributed by atoms with Crippen LogP contribution in [0.1, 0.15) is 10.4 Å². The minimum absolute atomic E-state index is 0.0337. The average Bonchev–Trinajstić information content (AvgIpc) is 2.69. The van der Waals surface area contributed by atoms with E-state index in [1.165, 1.54) is 12.1 Å². The third-order valence-corrected chi connectivity index (χ3v) is 4.64. The van der Waals surface area contributed by atoms with Gasteiger partial charge in [0.2, 0.25) is 5.95 Å². The van der Waals surface area contributed by atoms with E-state index in [1.807, 2.05) is 4.90 Å². The number of carbonyl (C=O) groups excluding carboxylic acids is 2. The first kappa shape index (κ1) is 19.2. The zero-order valence-corrected chi connectivity index (χ0v) is 15.8. The lowest BCUT2D eigenvalue weighted by molar-refractivity contribution is -0.134. The number of halogens is 2. The Morgan fingerprint density at radius 1 is 1.11 bits per heavy atom. The SMILES string of the molecule is Nc1c(Cl)cc(Cl)cc1C(=O)OCC(=O)N1CCN(c2ncccn2)CC1. The molecule has 0 spiro atoms. The molecule has 1 aromatic carbocycles. The van der Waals surface area contributed by atoms with Crippen molar-refractivity contribution < 1.29 is 14.3 Å². The Labute approximate surface area is 165 Å². The summed E-state index contributed by atoms with van der Waals surface area (Å²) in [5, 5.41) is 0.409. The van der Waals surface area contributed by atoms with Crippen LogP contribution in [0.25, 0.3) is 0 Å². The van der Waals surface area contributed by atoms with E-state index in [9.17, 15) is 9.59 Å². The number of esters is 1. The van der Waals surface area contributed by atoms with Crippen molar-refractivity contribution in [1.29, 1.82) is 0 Å². The van der Waals surface area contributed by atoms with E-state index in [0.717, 1.165) is 0 Å². The van der Waals surface area contributed by atoms with E-state index in [0.29, 0.717) is 32.1 Å². The predicted molar refractivity (Wildman–Crippen MR) is 102 cm³/mol. The van der Waals surface area contributed by atoms with E-state index in [1.54, 1.807) is 23.4 Å². The Hall–Kier alpha value is -2.58. The van der Waals surface area contributed by atoms with Gasteiger partial charge in [-0.2, -0.15) is 0 Å². The van der Waals surface area contributed by atoms with E-state index in [2.05, 4.69) is 9.97 Å². The van der Waals surface area contributed by atoms with Crippen LogP contribution >= 0.6 is 23.2 Å². The van der Waals surface area contributed by atoms with Gasteiger partial charge in [0.25, 0.3) is 5.91 Å². The molecule has 1 aromatic heterocycles. The molecule has 10 heteroatoms. The van der Waals surface area contributed by atoms with E-state index in [4.69, 9.17) is 33.7 Å². The van der Waals surface area contributed by atoms with Crippen LogP contribution in [0.2, 0.25) is 10.0 Å².